The van der Waals surface area contributed by atoms with E-state index in [0.29, 0.717) is 0 Å². The zero-order valence-electron chi connectivity index (χ0n) is 66.5. The molecular formula is C115H82Si2. The van der Waals surface area contributed by atoms with E-state index in [1.807, 2.05) is 6.07 Å². The lowest BCUT2D eigenvalue weighted by Crippen LogP contribution is -2.49. The van der Waals surface area contributed by atoms with Gasteiger partial charge in [0.25, 0.3) is 0 Å². The van der Waals surface area contributed by atoms with Gasteiger partial charge in [-0.15, -0.1) is 0 Å². The predicted molar refractivity (Wildman–Crippen MR) is 507 cm³/mol. The van der Waals surface area contributed by atoms with Crippen LogP contribution in [0.1, 0.15) is 25.3 Å². The minimum atomic E-state index is -2.42. The molecule has 2 aliphatic heterocycles. The molecular weight excluding hydrogens is 1440 g/mol. The fraction of sp³-hybridized carbons (Fsp3) is 0.0609. The third-order valence-corrected chi connectivity index (χ3v) is 33.1. The van der Waals surface area contributed by atoms with Crippen molar-refractivity contribution in [2.75, 3.05) is 0 Å². The van der Waals surface area contributed by atoms with Crippen molar-refractivity contribution < 1.29 is 0 Å². The molecule has 0 saturated carbocycles. The monoisotopic (exact) mass is 1520 g/mol. The Kier molecular flexibility index (Phi) is 16.4. The van der Waals surface area contributed by atoms with E-state index < -0.39 is 16.1 Å². The summed E-state index contributed by atoms with van der Waals surface area (Å²) in [4.78, 5) is 0. The van der Waals surface area contributed by atoms with Crippen molar-refractivity contribution in [2.24, 2.45) is 0 Å². The Morgan fingerprint density at radius 2 is 0.590 bits per heavy atom. The van der Waals surface area contributed by atoms with Gasteiger partial charge in [-0.05, 0) is 308 Å². The zero-order valence-corrected chi connectivity index (χ0v) is 68.5. The summed E-state index contributed by atoms with van der Waals surface area (Å²) in [5, 5.41) is 20.9. The van der Waals surface area contributed by atoms with Crippen molar-refractivity contribution in [1.82, 2.24) is 0 Å². The number of rotatable bonds is 12. The third-order valence-electron chi connectivity index (χ3n) is 26.1. The highest BCUT2D eigenvalue weighted by molar-refractivity contribution is 7.04. The van der Waals surface area contributed by atoms with E-state index in [4.69, 9.17) is 0 Å². The second-order valence-electron chi connectivity index (χ2n) is 33.7. The van der Waals surface area contributed by atoms with Gasteiger partial charge in [0, 0.05) is 0 Å². The van der Waals surface area contributed by atoms with Crippen LogP contribution in [0.5, 0.6) is 0 Å². The van der Waals surface area contributed by atoms with Gasteiger partial charge in [-0.25, -0.2) is 0 Å². The van der Waals surface area contributed by atoms with Crippen molar-refractivity contribution in [2.45, 2.75) is 46.0 Å². The van der Waals surface area contributed by atoms with Crippen LogP contribution in [0.2, 0.25) is 26.2 Å². The van der Waals surface area contributed by atoms with Crippen LogP contribution in [0.15, 0.2) is 382 Å². The van der Waals surface area contributed by atoms with Crippen LogP contribution in [0.3, 0.4) is 0 Å². The lowest BCUT2D eigenvalue weighted by Gasteiger charge is -2.25. The van der Waals surface area contributed by atoms with E-state index >= 15 is 0 Å². The molecule has 0 amide bonds. The molecule has 2 heterocycles. The molecule has 2 heteroatoms. The van der Waals surface area contributed by atoms with Gasteiger partial charge in [0.2, 0.25) is 0 Å². The second kappa shape index (κ2) is 27.5. The summed E-state index contributed by atoms with van der Waals surface area (Å²) >= 11 is 0. The van der Waals surface area contributed by atoms with Crippen LogP contribution in [0.4, 0.5) is 0 Å². The van der Waals surface area contributed by atoms with Crippen LogP contribution < -0.4 is 20.7 Å². The van der Waals surface area contributed by atoms with E-state index in [0.717, 1.165) is 5.56 Å². The fourth-order valence-corrected chi connectivity index (χ4v) is 26.7. The van der Waals surface area contributed by atoms with Crippen LogP contribution in [0.25, 0.3) is 209 Å². The number of hydrogen-bond donors (Lipinski definition) is 0. The van der Waals surface area contributed by atoms with E-state index in [1.165, 1.54) is 230 Å². The molecule has 0 aromatic heterocycles. The quantitative estimate of drug-likeness (QED) is 0.0845. The molecule has 0 aliphatic carbocycles. The Balaban J connectivity index is 0.717. The van der Waals surface area contributed by atoms with Gasteiger partial charge in [0.15, 0.2) is 0 Å². The first-order chi connectivity index (χ1) is 57.4. The molecule has 550 valence electrons. The summed E-state index contributed by atoms with van der Waals surface area (Å²) in [5.41, 5.74) is 33.6. The number of hydrogen-bond acceptors (Lipinski definition) is 0. The topological polar surface area (TPSA) is 0 Å². The Bertz CT molecular complexity index is 7400. The summed E-state index contributed by atoms with van der Waals surface area (Å²) in [6, 6.07) is 152. The van der Waals surface area contributed by atoms with Gasteiger partial charge in [-0.3, -0.25) is 0 Å². The Morgan fingerprint density at radius 3 is 1.16 bits per heavy atom. The lowest BCUT2D eigenvalue weighted by atomic mass is 9.80. The summed E-state index contributed by atoms with van der Waals surface area (Å²) in [6.07, 6.45) is 0. The minimum Gasteiger partial charge on any atom is -0.0702 e. The summed E-state index contributed by atoms with van der Waals surface area (Å²) < 4.78 is 0. The van der Waals surface area contributed by atoms with E-state index in [-0.39, 0.29) is 5.92 Å². The first-order valence-corrected chi connectivity index (χ1v) is 47.3. The summed E-state index contributed by atoms with van der Waals surface area (Å²) in [6.45, 7) is 15.0. The maximum atomic E-state index is 3.27. The molecule has 0 N–H and O–H groups in total. The minimum absolute atomic E-state index is 0.265. The van der Waals surface area contributed by atoms with E-state index in [1.54, 1.807) is 0 Å². The van der Waals surface area contributed by atoms with Gasteiger partial charge in [-0.1, -0.05) is 368 Å². The van der Waals surface area contributed by atoms with Crippen LogP contribution in [0, 0.1) is 12.1 Å². The average Bonchev–Trinajstić information content (AvgIpc) is 1.67. The smallest absolute Gasteiger partial charge is 0.0702 e. The number of fused-ring (bicyclic) bond motifs is 12. The Labute approximate surface area is 687 Å². The molecule has 20 aromatic rings. The van der Waals surface area contributed by atoms with Gasteiger partial charge < -0.3 is 0 Å². The predicted octanol–water partition coefficient (Wildman–Crippen LogP) is 29.3. The normalized spacial score (nSPS) is 13.0. The Morgan fingerprint density at radius 1 is 0.197 bits per heavy atom. The van der Waals surface area contributed by atoms with Crippen molar-refractivity contribution in [3.63, 3.8) is 0 Å². The maximum Gasteiger partial charge on any atom is 0.113 e. The summed E-state index contributed by atoms with van der Waals surface area (Å²) in [7, 11) is -4.56. The molecule has 0 radical (unpaired) electrons. The van der Waals surface area contributed by atoms with Gasteiger partial charge >= 0.3 is 0 Å². The van der Waals surface area contributed by atoms with Crippen LogP contribution >= 0.6 is 0 Å². The summed E-state index contributed by atoms with van der Waals surface area (Å²) in [5.74, 6) is 0.265. The molecule has 22 rings (SSSR count). The van der Waals surface area contributed by atoms with Crippen LogP contribution in [-0.2, 0) is 0 Å². The molecule has 2 aliphatic rings. The largest absolute Gasteiger partial charge is 0.113 e. The zero-order chi connectivity index (χ0) is 78.4. The highest BCUT2D eigenvalue weighted by atomic mass is 28.3. The molecule has 0 unspecified atom stereocenters. The van der Waals surface area contributed by atoms with E-state index in [2.05, 4.69) is 428 Å². The first kappa shape index (κ1) is 69.9. The van der Waals surface area contributed by atoms with E-state index in [9.17, 15) is 0 Å². The Hall–Kier alpha value is -13.8. The molecule has 117 heavy (non-hydrogen) atoms. The standard InChI is InChI=1S/C115H82Si2/c1-72(2)111-97(76-35-17-9-18-36-76)65-86(66-98(111)77-37-19-10-20-38-77)115-95-60-54-84(63-102(95)113(79-42-23-12-24-43-79)106-70-109-99(68-104(106)115)92-47-27-28-50-107(92)116(109,3)4)89-49-30-45-82-61-80(51-56-91(82)89)81-52-58-93-100-69-103-105(71-110(100)117(5,6)108(93)67-81)112(78-40-21-11-22-41-78)101-62-83(88-48-29-44-74-39-25-26-46-87(74)88)53-59-94(101)114(103)85-55-57-90(73-31-13-7-14-32-73)96(64-85)75-33-15-8-16-34-75/h8-13,15-72H,1-6H3. The van der Waals surface area contributed by atoms with Gasteiger partial charge in [0.05, 0.1) is 0 Å². The van der Waals surface area contributed by atoms with Gasteiger partial charge in [0.1, 0.15) is 16.1 Å². The SMILES string of the molecule is CC(C)c1c(-c2ccccc2)cc(-c2c3ccc(-c4cccc5cc(-c6ccc7c(c6)[Si](C)(C)c6cc8c(-c9ccccc9)c9cc(-c%10cccc%11ccccc%10%11)ccc9c(-c9ccc(-c%10cc#ccc%10)c(-c%10ccccc%10)c9)c8cc6-7)ccc45)cc3c(-c3ccccc3)c3cc4c(cc23)-c2ccccc2[Si]4(C)C)cc1-c1ccccc1. The molecule has 0 saturated heterocycles. The maximum absolute atomic E-state index is 3.27. The molecule has 0 bridgehead atoms. The van der Waals surface area contributed by atoms with Crippen LogP contribution in [-0.4, -0.2) is 16.1 Å². The fourth-order valence-electron chi connectivity index (χ4n) is 20.5. The molecule has 0 spiro atoms. The first-order valence-electron chi connectivity index (χ1n) is 41.3. The highest BCUT2D eigenvalue weighted by Gasteiger charge is 2.41. The van der Waals surface area contributed by atoms with Crippen molar-refractivity contribution in [3.8, 4) is 145 Å². The third kappa shape index (κ3) is 11.3. The molecule has 0 fully saturated rings. The molecule has 20 aromatic carbocycles. The lowest BCUT2D eigenvalue weighted by molar-refractivity contribution is 0.871. The molecule has 0 nitrogen and oxygen atoms in total. The molecule has 0 atom stereocenters. The van der Waals surface area contributed by atoms with Crippen molar-refractivity contribution in [3.05, 3.63) is 400 Å². The average molecular weight is 1520 g/mol. The second-order valence-corrected chi connectivity index (χ2v) is 42.3. The highest BCUT2D eigenvalue weighted by Crippen LogP contribution is 2.53. The van der Waals surface area contributed by atoms with Crippen molar-refractivity contribution in [1.29, 1.82) is 0 Å². The van der Waals surface area contributed by atoms with Gasteiger partial charge in [-0.2, -0.15) is 0 Å². The number of benzene rings is 19. The van der Waals surface area contributed by atoms with Crippen molar-refractivity contribution >= 4 is 102 Å².